The fourth-order valence-corrected chi connectivity index (χ4v) is 8.70. The number of fused-ring (bicyclic) bond motifs is 6. The van der Waals surface area contributed by atoms with Crippen LogP contribution in [0.3, 0.4) is 0 Å². The third-order valence-electron chi connectivity index (χ3n) is 8.66. The Balaban J connectivity index is 0.000000269. The van der Waals surface area contributed by atoms with Crippen molar-refractivity contribution < 1.29 is 30.0 Å². The summed E-state index contributed by atoms with van der Waals surface area (Å²) in [7, 11) is 0. The van der Waals surface area contributed by atoms with Crippen molar-refractivity contribution in [2.24, 2.45) is 17.3 Å². The number of carbonyl (C=O) groups is 1. The van der Waals surface area contributed by atoms with Gasteiger partial charge in [-0.2, -0.15) is 0 Å². The zero-order valence-electron chi connectivity index (χ0n) is 28.4. The van der Waals surface area contributed by atoms with Crippen LogP contribution in [0.15, 0.2) is 72.8 Å². The van der Waals surface area contributed by atoms with Crippen LogP contribution in [0.4, 0.5) is 0 Å². The number of allylic oxidation sites excluding steroid dienone is 2. The normalized spacial score (nSPS) is 12.2. The number of aliphatic hydroxyl groups excluding tert-OH is 1. The molecule has 0 unspecified atom stereocenters. The SMILES string of the molecule is CC(C)(C)Cc1ccc2sc3c4ncnc(-c5[c-]c6ccccc6cc5)c4sc3c2c1.CCC(CC)C(=O)/C=C(\O)C(CC)CC.[Ir]. The zero-order chi connectivity index (χ0) is 33.0. The number of ketones is 1. The third kappa shape index (κ3) is 8.37. The zero-order valence-corrected chi connectivity index (χ0v) is 32.5. The largest absolute Gasteiger partial charge is 0.512 e. The minimum Gasteiger partial charge on any atom is -0.512 e. The number of nitrogens with zero attached hydrogens (tertiary/aromatic N) is 2. The molecule has 3 aromatic heterocycles. The summed E-state index contributed by atoms with van der Waals surface area (Å²) >= 11 is 3.66. The van der Waals surface area contributed by atoms with E-state index < -0.39 is 0 Å². The van der Waals surface area contributed by atoms with Gasteiger partial charge in [0.05, 0.1) is 20.7 Å². The second-order valence-electron chi connectivity index (χ2n) is 13.3. The first-order valence-corrected chi connectivity index (χ1v) is 18.1. The first-order valence-electron chi connectivity index (χ1n) is 16.5. The van der Waals surface area contributed by atoms with Crippen molar-refractivity contribution in [3.8, 4) is 11.3 Å². The summed E-state index contributed by atoms with van der Waals surface area (Å²) in [6.07, 6.45) is 7.67. The third-order valence-corrected chi connectivity index (χ3v) is 11.2. The molecule has 0 aliphatic rings. The van der Waals surface area contributed by atoms with Gasteiger partial charge in [-0.1, -0.05) is 83.7 Å². The summed E-state index contributed by atoms with van der Waals surface area (Å²) in [5.41, 5.74) is 4.73. The fraction of sp³-hybridized carbons (Fsp3) is 0.375. The van der Waals surface area contributed by atoms with E-state index in [1.54, 1.807) is 6.33 Å². The van der Waals surface area contributed by atoms with Gasteiger partial charge in [-0.05, 0) is 55.2 Å². The first kappa shape index (κ1) is 36.9. The molecule has 1 radical (unpaired) electrons. The quantitative estimate of drug-likeness (QED) is 0.0895. The molecule has 47 heavy (non-hydrogen) atoms. The Bertz CT molecular complexity index is 2010. The Morgan fingerprint density at radius 1 is 0.872 bits per heavy atom. The molecule has 6 aromatic rings. The van der Waals surface area contributed by atoms with Crippen molar-refractivity contribution >= 4 is 68.9 Å². The van der Waals surface area contributed by atoms with Crippen LogP contribution < -0.4 is 0 Å². The standard InChI is InChI=1S/C27H21N2S2.C13H24O2.Ir/c1-27(2,3)14-16-8-11-21-20(12-16)24-26(30-21)23-25(31-24)22(28-15-29-23)19-10-9-17-6-4-5-7-18(17)13-19;1-5-10(6-2)12(14)9-13(15)11(7-3)8-4;/h4-12,15H,14H2,1-3H3;9-11,14H,5-8H2,1-4H3;/q-1;;/b;12-9-;. The van der Waals surface area contributed by atoms with Gasteiger partial charge >= 0.3 is 0 Å². The van der Waals surface area contributed by atoms with E-state index in [-0.39, 0.29) is 48.9 Å². The number of rotatable bonds is 9. The van der Waals surface area contributed by atoms with E-state index in [0.717, 1.165) is 59.0 Å². The number of aliphatic hydroxyl groups is 1. The summed E-state index contributed by atoms with van der Waals surface area (Å²) in [6.45, 7) is 15.0. The molecule has 1 N–H and O–H groups in total. The number of carbonyl (C=O) groups excluding carboxylic acids is 1. The van der Waals surface area contributed by atoms with Crippen molar-refractivity contribution in [2.75, 3.05) is 0 Å². The molecule has 4 nitrogen and oxygen atoms in total. The molecule has 0 bridgehead atoms. The van der Waals surface area contributed by atoms with E-state index in [9.17, 15) is 9.90 Å². The summed E-state index contributed by atoms with van der Waals surface area (Å²) < 4.78 is 5.08. The molecule has 6 rings (SSSR count). The maximum atomic E-state index is 11.7. The summed E-state index contributed by atoms with van der Waals surface area (Å²) in [6, 6.07) is 23.1. The molecule has 0 aliphatic heterocycles. The van der Waals surface area contributed by atoms with Crippen LogP contribution in [0.2, 0.25) is 0 Å². The van der Waals surface area contributed by atoms with Gasteiger partial charge in [-0.25, -0.2) is 4.98 Å². The van der Waals surface area contributed by atoms with E-state index in [2.05, 4.69) is 86.4 Å². The molecule has 0 atom stereocenters. The molecule has 0 saturated carbocycles. The van der Waals surface area contributed by atoms with Gasteiger partial charge in [-0.15, -0.1) is 52.3 Å². The molecule has 0 fully saturated rings. The van der Waals surface area contributed by atoms with E-state index >= 15 is 0 Å². The van der Waals surface area contributed by atoms with Crippen LogP contribution >= 0.6 is 22.7 Å². The number of aromatic nitrogens is 2. The van der Waals surface area contributed by atoms with Crippen LogP contribution in [-0.4, -0.2) is 20.9 Å². The van der Waals surface area contributed by atoms with Crippen LogP contribution in [0.25, 0.3) is 51.7 Å². The molecule has 0 spiro atoms. The molecular weight excluding hydrogens is 797 g/mol. The van der Waals surface area contributed by atoms with Gasteiger partial charge in [0.25, 0.3) is 0 Å². The van der Waals surface area contributed by atoms with Crippen molar-refractivity contribution in [1.82, 2.24) is 9.97 Å². The molecule has 0 aliphatic carbocycles. The molecule has 3 aromatic carbocycles. The van der Waals surface area contributed by atoms with E-state index in [4.69, 9.17) is 4.98 Å². The van der Waals surface area contributed by atoms with Crippen molar-refractivity contribution in [3.05, 3.63) is 84.4 Å². The predicted molar refractivity (Wildman–Crippen MR) is 199 cm³/mol. The average Bonchev–Trinajstić information content (AvgIpc) is 3.58. The topological polar surface area (TPSA) is 63.1 Å². The summed E-state index contributed by atoms with van der Waals surface area (Å²) in [5.74, 6) is 0.547. The Morgan fingerprint density at radius 2 is 1.57 bits per heavy atom. The van der Waals surface area contributed by atoms with Crippen LogP contribution in [0.5, 0.6) is 0 Å². The number of hydrogen-bond acceptors (Lipinski definition) is 6. The number of thiophene rings is 2. The predicted octanol–water partition coefficient (Wildman–Crippen LogP) is 12.1. The Morgan fingerprint density at radius 3 is 2.26 bits per heavy atom. The van der Waals surface area contributed by atoms with Crippen molar-refractivity contribution in [2.45, 2.75) is 80.6 Å². The minimum absolute atomic E-state index is 0. The molecule has 0 saturated heterocycles. The van der Waals surface area contributed by atoms with Gasteiger partial charge in [0.1, 0.15) is 6.33 Å². The molecule has 249 valence electrons. The van der Waals surface area contributed by atoms with Gasteiger partial charge < -0.3 is 5.11 Å². The maximum absolute atomic E-state index is 11.7. The van der Waals surface area contributed by atoms with Crippen molar-refractivity contribution in [1.29, 1.82) is 0 Å². The molecule has 7 heteroatoms. The van der Waals surface area contributed by atoms with Gasteiger partial charge in [-0.3, -0.25) is 9.78 Å². The maximum Gasteiger partial charge on any atom is 0.162 e. The first-order chi connectivity index (χ1) is 22.1. The number of hydrogen-bond donors (Lipinski definition) is 1. The Labute approximate surface area is 300 Å². The van der Waals surface area contributed by atoms with Crippen LogP contribution in [0.1, 0.15) is 79.7 Å². The molecular formula is C40H45IrN2O2S2-. The minimum atomic E-state index is 0. The van der Waals surface area contributed by atoms with E-state index in [1.807, 2.05) is 50.4 Å². The summed E-state index contributed by atoms with van der Waals surface area (Å²) in [5, 5.41) is 13.4. The van der Waals surface area contributed by atoms with Gasteiger partial charge in [0, 0.05) is 58.5 Å². The Kier molecular flexibility index (Phi) is 12.5. The second kappa shape index (κ2) is 16.0. The van der Waals surface area contributed by atoms with E-state index in [0.29, 0.717) is 0 Å². The van der Waals surface area contributed by atoms with Crippen LogP contribution in [0, 0.1) is 23.3 Å². The number of benzene rings is 3. The molecule has 3 heterocycles. The summed E-state index contributed by atoms with van der Waals surface area (Å²) in [4.78, 5) is 21.1. The van der Waals surface area contributed by atoms with Gasteiger partial charge in [0.15, 0.2) is 5.78 Å². The van der Waals surface area contributed by atoms with E-state index in [1.165, 1.54) is 36.5 Å². The molecule has 0 amide bonds. The smallest absolute Gasteiger partial charge is 0.162 e. The monoisotopic (exact) mass is 842 g/mol. The van der Waals surface area contributed by atoms with Gasteiger partial charge in [0.2, 0.25) is 0 Å². The fourth-order valence-electron chi connectivity index (χ4n) is 6.06. The second-order valence-corrected chi connectivity index (χ2v) is 15.4. The Hall–Kier alpha value is -2.96. The average molecular weight is 842 g/mol. The van der Waals surface area contributed by atoms with Crippen LogP contribution in [-0.2, 0) is 31.3 Å². The van der Waals surface area contributed by atoms with Crippen molar-refractivity contribution in [3.63, 3.8) is 0 Å².